The Morgan fingerprint density at radius 3 is 3.00 bits per heavy atom. The first-order chi connectivity index (χ1) is 10.6. The summed E-state index contributed by atoms with van der Waals surface area (Å²) in [5, 5.41) is 8.03. The summed E-state index contributed by atoms with van der Waals surface area (Å²) in [6, 6.07) is 7.43. The molecule has 0 fully saturated rings. The second-order valence-corrected chi connectivity index (χ2v) is 6.12. The fraction of sp³-hybridized carbons (Fsp3) is 0.200. The van der Waals surface area contributed by atoms with Gasteiger partial charge in [-0.2, -0.15) is 0 Å². The Kier molecular flexibility index (Phi) is 4.06. The third kappa shape index (κ3) is 3.09. The Bertz CT molecular complexity index is 804. The van der Waals surface area contributed by atoms with E-state index in [0.717, 1.165) is 16.1 Å². The monoisotopic (exact) mass is 314 g/mol. The maximum Gasteiger partial charge on any atom is 0.258 e. The zero-order chi connectivity index (χ0) is 15.5. The summed E-state index contributed by atoms with van der Waals surface area (Å²) in [6.07, 6.45) is 3.27. The van der Waals surface area contributed by atoms with Gasteiger partial charge in [-0.05, 0) is 32.0 Å². The molecule has 0 aliphatic heterocycles. The number of nitrogens with one attached hydrogen (secondary N) is 1. The lowest BCUT2D eigenvalue weighted by atomic mass is 10.2. The third-order valence-corrected chi connectivity index (χ3v) is 4.13. The minimum Gasteiger partial charge on any atom is -0.336 e. The second kappa shape index (κ2) is 6.15. The van der Waals surface area contributed by atoms with Crippen LogP contribution >= 0.6 is 11.8 Å². The van der Waals surface area contributed by atoms with Gasteiger partial charge in [0.05, 0.1) is 33.2 Å². The maximum atomic E-state index is 12.2. The highest BCUT2D eigenvalue weighted by Gasteiger charge is 2.16. The van der Waals surface area contributed by atoms with Crippen LogP contribution in [0.3, 0.4) is 0 Å². The fourth-order valence-electron chi connectivity index (χ4n) is 1.91. The Balaban J connectivity index is 1.70. The van der Waals surface area contributed by atoms with Crippen LogP contribution in [0.2, 0.25) is 0 Å². The van der Waals surface area contributed by atoms with E-state index in [1.807, 2.05) is 38.1 Å². The molecule has 0 saturated carbocycles. The highest BCUT2D eigenvalue weighted by Crippen LogP contribution is 2.23. The summed E-state index contributed by atoms with van der Waals surface area (Å²) in [5.41, 5.74) is 1.83. The number of thioether (sulfide) groups is 1. The predicted molar refractivity (Wildman–Crippen MR) is 84.7 cm³/mol. The van der Waals surface area contributed by atoms with Crippen molar-refractivity contribution in [2.75, 3.05) is 5.32 Å². The van der Waals surface area contributed by atoms with Crippen LogP contribution < -0.4 is 5.32 Å². The standard InChI is InChI=1S/C15H14N4O2S/c1-9-12-7-11(8-17-15(12)21-19-9)18-14(20)10(2)22-13-5-3-4-6-16-13/h3-8,10H,1-2H3,(H,18,20)/t10-/m1/s1. The quantitative estimate of drug-likeness (QED) is 0.745. The summed E-state index contributed by atoms with van der Waals surface area (Å²) in [4.78, 5) is 20.6. The van der Waals surface area contributed by atoms with Gasteiger partial charge in [0.2, 0.25) is 5.91 Å². The van der Waals surface area contributed by atoms with Crippen LogP contribution in [0, 0.1) is 6.92 Å². The smallest absolute Gasteiger partial charge is 0.258 e. The van der Waals surface area contributed by atoms with E-state index in [0.29, 0.717) is 11.4 Å². The van der Waals surface area contributed by atoms with Gasteiger partial charge in [0.25, 0.3) is 5.71 Å². The molecule has 7 heteroatoms. The summed E-state index contributed by atoms with van der Waals surface area (Å²) < 4.78 is 5.05. The summed E-state index contributed by atoms with van der Waals surface area (Å²) in [6.45, 7) is 3.67. The molecule has 0 spiro atoms. The topological polar surface area (TPSA) is 80.9 Å². The van der Waals surface area contributed by atoms with Gasteiger partial charge in [-0.3, -0.25) is 4.79 Å². The van der Waals surface area contributed by atoms with E-state index in [1.54, 1.807) is 12.4 Å². The van der Waals surface area contributed by atoms with E-state index < -0.39 is 0 Å². The molecule has 3 aromatic heterocycles. The van der Waals surface area contributed by atoms with Gasteiger partial charge >= 0.3 is 0 Å². The summed E-state index contributed by atoms with van der Waals surface area (Å²) in [7, 11) is 0. The zero-order valence-electron chi connectivity index (χ0n) is 12.1. The molecule has 0 saturated heterocycles. The fourth-order valence-corrected chi connectivity index (χ4v) is 2.72. The lowest BCUT2D eigenvalue weighted by molar-refractivity contribution is -0.115. The number of aromatic nitrogens is 3. The first-order valence-electron chi connectivity index (χ1n) is 6.74. The van der Waals surface area contributed by atoms with Gasteiger partial charge in [-0.25, -0.2) is 9.97 Å². The first kappa shape index (κ1) is 14.5. The van der Waals surface area contributed by atoms with Crippen LogP contribution in [0.1, 0.15) is 12.6 Å². The van der Waals surface area contributed by atoms with E-state index in [4.69, 9.17) is 4.52 Å². The highest BCUT2D eigenvalue weighted by molar-refractivity contribution is 8.00. The lowest BCUT2D eigenvalue weighted by Crippen LogP contribution is -2.22. The number of aryl methyl sites for hydroxylation is 1. The van der Waals surface area contributed by atoms with Crippen molar-refractivity contribution in [1.29, 1.82) is 0 Å². The summed E-state index contributed by atoms with van der Waals surface area (Å²) >= 11 is 1.40. The molecule has 0 aliphatic carbocycles. The molecular formula is C15H14N4O2S. The number of hydrogen-bond donors (Lipinski definition) is 1. The number of nitrogens with zero attached hydrogens (tertiary/aromatic N) is 3. The first-order valence-corrected chi connectivity index (χ1v) is 7.62. The molecule has 0 radical (unpaired) electrons. The van der Waals surface area contributed by atoms with E-state index in [1.165, 1.54) is 11.8 Å². The number of pyridine rings is 2. The van der Waals surface area contributed by atoms with Crippen LogP contribution in [0.4, 0.5) is 5.69 Å². The van der Waals surface area contributed by atoms with Gasteiger partial charge in [0, 0.05) is 6.20 Å². The Hall–Kier alpha value is -2.41. The number of anilines is 1. The molecule has 0 aliphatic rings. The zero-order valence-corrected chi connectivity index (χ0v) is 12.9. The van der Waals surface area contributed by atoms with Crippen molar-refractivity contribution < 1.29 is 9.32 Å². The van der Waals surface area contributed by atoms with Crippen molar-refractivity contribution >= 4 is 34.5 Å². The third-order valence-electron chi connectivity index (χ3n) is 3.08. The van der Waals surface area contributed by atoms with E-state index in [9.17, 15) is 4.79 Å². The molecule has 1 N–H and O–H groups in total. The largest absolute Gasteiger partial charge is 0.336 e. The number of carbonyl (C=O) groups excluding carboxylic acids is 1. The van der Waals surface area contributed by atoms with Crippen molar-refractivity contribution in [1.82, 2.24) is 15.1 Å². The molecule has 0 aromatic carbocycles. The number of carbonyl (C=O) groups is 1. The van der Waals surface area contributed by atoms with Crippen molar-refractivity contribution in [3.63, 3.8) is 0 Å². The van der Waals surface area contributed by atoms with Crippen molar-refractivity contribution in [2.24, 2.45) is 0 Å². The molecule has 0 bridgehead atoms. The second-order valence-electron chi connectivity index (χ2n) is 4.76. The molecule has 3 rings (SSSR count). The average molecular weight is 314 g/mol. The lowest BCUT2D eigenvalue weighted by Gasteiger charge is -2.11. The molecule has 6 nitrogen and oxygen atoms in total. The minimum absolute atomic E-state index is 0.106. The Labute approximate surface area is 131 Å². The van der Waals surface area contributed by atoms with E-state index in [-0.39, 0.29) is 11.2 Å². The molecule has 3 aromatic rings. The van der Waals surface area contributed by atoms with Gasteiger partial charge in [0.15, 0.2) is 0 Å². The van der Waals surface area contributed by atoms with Crippen LogP contribution in [-0.2, 0) is 4.79 Å². The molecular weight excluding hydrogens is 300 g/mol. The van der Waals surface area contributed by atoms with Gasteiger partial charge < -0.3 is 9.84 Å². The Morgan fingerprint density at radius 2 is 2.23 bits per heavy atom. The molecule has 1 atom stereocenters. The van der Waals surface area contributed by atoms with Crippen LogP contribution in [0.25, 0.3) is 11.1 Å². The molecule has 22 heavy (non-hydrogen) atoms. The number of amides is 1. The van der Waals surface area contributed by atoms with Gasteiger partial charge in [-0.15, -0.1) is 0 Å². The normalized spacial score (nSPS) is 12.3. The number of rotatable bonds is 4. The Morgan fingerprint density at radius 1 is 1.36 bits per heavy atom. The average Bonchev–Trinajstić information content (AvgIpc) is 2.89. The summed E-state index contributed by atoms with van der Waals surface area (Å²) in [5.74, 6) is -0.106. The van der Waals surface area contributed by atoms with E-state index >= 15 is 0 Å². The molecule has 112 valence electrons. The van der Waals surface area contributed by atoms with E-state index in [2.05, 4.69) is 20.4 Å². The highest BCUT2D eigenvalue weighted by atomic mass is 32.2. The van der Waals surface area contributed by atoms with Crippen LogP contribution in [0.5, 0.6) is 0 Å². The maximum absolute atomic E-state index is 12.2. The van der Waals surface area contributed by atoms with Crippen LogP contribution in [-0.4, -0.2) is 26.3 Å². The molecule has 1 amide bonds. The van der Waals surface area contributed by atoms with Crippen molar-refractivity contribution in [2.45, 2.75) is 24.1 Å². The SMILES string of the molecule is Cc1noc2ncc(NC(=O)[C@@H](C)Sc3ccccn3)cc12. The minimum atomic E-state index is -0.269. The van der Waals surface area contributed by atoms with Gasteiger partial charge in [0.1, 0.15) is 0 Å². The number of fused-ring (bicyclic) bond motifs is 1. The van der Waals surface area contributed by atoms with Crippen molar-refractivity contribution in [3.8, 4) is 0 Å². The van der Waals surface area contributed by atoms with Gasteiger partial charge in [-0.1, -0.05) is 23.0 Å². The van der Waals surface area contributed by atoms with Crippen LogP contribution in [0.15, 0.2) is 46.2 Å². The number of hydrogen-bond acceptors (Lipinski definition) is 6. The molecule has 0 unspecified atom stereocenters. The van der Waals surface area contributed by atoms with Crippen molar-refractivity contribution in [3.05, 3.63) is 42.4 Å². The molecule has 3 heterocycles. The predicted octanol–water partition coefficient (Wildman–Crippen LogP) is 3.05.